The maximum Gasteiger partial charge on any atom is 0.170 e. The summed E-state index contributed by atoms with van der Waals surface area (Å²) >= 11 is 3.39. The number of nitrogens with two attached hydrogens (primary N) is 1. The lowest BCUT2D eigenvalue weighted by atomic mass is 10.0. The van der Waals surface area contributed by atoms with Crippen LogP contribution >= 0.6 is 15.9 Å². The highest BCUT2D eigenvalue weighted by molar-refractivity contribution is 9.10. The molecule has 1 aromatic rings. The number of nitrogens with zero attached hydrogens (tertiary/aromatic N) is 1. The normalized spacial score (nSPS) is 11.7. The van der Waals surface area contributed by atoms with E-state index >= 15 is 0 Å². The second-order valence-corrected chi connectivity index (χ2v) is 3.95. The first-order valence-corrected chi connectivity index (χ1v) is 5.24. The van der Waals surface area contributed by atoms with Crippen LogP contribution in [0.1, 0.15) is 24.5 Å². The van der Waals surface area contributed by atoms with Crippen LogP contribution in [0.3, 0.4) is 0 Å². The molecule has 14 heavy (non-hydrogen) atoms. The van der Waals surface area contributed by atoms with E-state index in [-0.39, 0.29) is 5.84 Å². The van der Waals surface area contributed by atoms with Crippen LogP contribution in [0.4, 0.5) is 0 Å². The molecule has 1 rings (SSSR count). The molecule has 0 amide bonds. The third-order valence-electron chi connectivity index (χ3n) is 1.97. The molecule has 0 saturated carbocycles. The van der Waals surface area contributed by atoms with Crippen LogP contribution < -0.4 is 5.73 Å². The summed E-state index contributed by atoms with van der Waals surface area (Å²) in [5.41, 5.74) is 7.46. The average Bonchev–Trinajstić information content (AvgIpc) is 2.17. The van der Waals surface area contributed by atoms with Gasteiger partial charge < -0.3 is 10.9 Å². The first kappa shape index (κ1) is 11.0. The Hall–Kier alpha value is -1.03. The second-order valence-electron chi connectivity index (χ2n) is 3.04. The number of hydrogen-bond donors (Lipinski definition) is 2. The van der Waals surface area contributed by atoms with E-state index in [1.165, 1.54) is 0 Å². The molecule has 3 N–H and O–H groups in total. The van der Waals surface area contributed by atoms with E-state index in [0.29, 0.717) is 0 Å². The summed E-state index contributed by atoms with van der Waals surface area (Å²) in [6, 6.07) is 5.73. The van der Waals surface area contributed by atoms with Crippen LogP contribution in [-0.4, -0.2) is 11.0 Å². The molecule has 0 aliphatic rings. The van der Waals surface area contributed by atoms with Gasteiger partial charge in [-0.2, -0.15) is 0 Å². The van der Waals surface area contributed by atoms with Crippen molar-refractivity contribution in [2.45, 2.75) is 19.8 Å². The van der Waals surface area contributed by atoms with E-state index < -0.39 is 0 Å². The van der Waals surface area contributed by atoms with E-state index in [2.05, 4.69) is 28.0 Å². The van der Waals surface area contributed by atoms with Crippen molar-refractivity contribution >= 4 is 21.8 Å². The first-order valence-electron chi connectivity index (χ1n) is 4.45. The lowest BCUT2D eigenvalue weighted by Crippen LogP contribution is -2.15. The van der Waals surface area contributed by atoms with Gasteiger partial charge in [0.2, 0.25) is 0 Å². The summed E-state index contributed by atoms with van der Waals surface area (Å²) in [6.45, 7) is 2.09. The molecule has 0 heterocycles. The molecule has 3 nitrogen and oxygen atoms in total. The van der Waals surface area contributed by atoms with Crippen molar-refractivity contribution in [2.75, 3.05) is 0 Å². The van der Waals surface area contributed by atoms with E-state index in [4.69, 9.17) is 10.9 Å². The summed E-state index contributed by atoms with van der Waals surface area (Å²) < 4.78 is 1.01. The topological polar surface area (TPSA) is 58.6 Å². The molecule has 0 aliphatic heterocycles. The molecule has 0 aromatic heterocycles. The maximum absolute atomic E-state index is 8.60. The molecule has 76 valence electrons. The largest absolute Gasteiger partial charge is 0.409 e. The first-order chi connectivity index (χ1) is 6.69. The Morgan fingerprint density at radius 1 is 1.57 bits per heavy atom. The highest BCUT2D eigenvalue weighted by atomic mass is 79.9. The van der Waals surface area contributed by atoms with E-state index in [1.54, 1.807) is 0 Å². The minimum Gasteiger partial charge on any atom is -0.409 e. The highest BCUT2D eigenvalue weighted by Crippen LogP contribution is 2.18. The molecule has 0 spiro atoms. The van der Waals surface area contributed by atoms with Crippen LogP contribution in [0.5, 0.6) is 0 Å². The van der Waals surface area contributed by atoms with Crippen molar-refractivity contribution in [1.82, 2.24) is 0 Å². The molecule has 1 aromatic carbocycles. The van der Waals surface area contributed by atoms with Crippen molar-refractivity contribution in [3.8, 4) is 0 Å². The van der Waals surface area contributed by atoms with Gasteiger partial charge in [-0.1, -0.05) is 34.4 Å². The SMILES string of the molecule is CCCc1cc(Br)ccc1C(N)=NO. The Kier molecular flexibility index (Phi) is 3.95. The Balaban J connectivity index is 3.14. The quantitative estimate of drug-likeness (QED) is 0.378. The fourth-order valence-corrected chi connectivity index (χ4v) is 1.75. The molecular formula is C10H13BrN2O. The van der Waals surface area contributed by atoms with Crippen molar-refractivity contribution in [2.24, 2.45) is 10.9 Å². The van der Waals surface area contributed by atoms with Crippen molar-refractivity contribution in [3.05, 3.63) is 33.8 Å². The van der Waals surface area contributed by atoms with Crippen molar-refractivity contribution in [1.29, 1.82) is 0 Å². The smallest absolute Gasteiger partial charge is 0.170 e. The molecule has 0 radical (unpaired) electrons. The summed E-state index contributed by atoms with van der Waals surface area (Å²) in [7, 11) is 0. The van der Waals surface area contributed by atoms with Gasteiger partial charge >= 0.3 is 0 Å². The number of amidine groups is 1. The highest BCUT2D eigenvalue weighted by Gasteiger charge is 2.06. The Morgan fingerprint density at radius 2 is 2.29 bits per heavy atom. The Bertz CT molecular complexity index is 350. The Morgan fingerprint density at radius 3 is 2.86 bits per heavy atom. The minimum absolute atomic E-state index is 0.168. The second kappa shape index (κ2) is 5.00. The zero-order valence-corrected chi connectivity index (χ0v) is 9.58. The van der Waals surface area contributed by atoms with Crippen molar-refractivity contribution in [3.63, 3.8) is 0 Å². The molecule has 0 atom stereocenters. The van der Waals surface area contributed by atoms with Gasteiger partial charge in [-0.15, -0.1) is 0 Å². The third-order valence-corrected chi connectivity index (χ3v) is 2.46. The van der Waals surface area contributed by atoms with Crippen LogP contribution in [-0.2, 0) is 6.42 Å². The minimum atomic E-state index is 0.168. The van der Waals surface area contributed by atoms with Gasteiger partial charge in [0.25, 0.3) is 0 Å². The average molecular weight is 257 g/mol. The van der Waals surface area contributed by atoms with Crippen LogP contribution in [0.2, 0.25) is 0 Å². The van der Waals surface area contributed by atoms with Crippen molar-refractivity contribution < 1.29 is 5.21 Å². The summed E-state index contributed by atoms with van der Waals surface area (Å²) in [5, 5.41) is 11.6. The van der Waals surface area contributed by atoms with E-state index in [0.717, 1.165) is 28.4 Å². The van der Waals surface area contributed by atoms with Gasteiger partial charge in [0.05, 0.1) is 0 Å². The van der Waals surface area contributed by atoms with Gasteiger partial charge in [-0.05, 0) is 30.2 Å². The van der Waals surface area contributed by atoms with Gasteiger partial charge in [0.1, 0.15) is 0 Å². The predicted octanol–water partition coefficient (Wildman–Crippen LogP) is 2.50. The summed E-state index contributed by atoms with van der Waals surface area (Å²) in [4.78, 5) is 0. The molecule has 0 fully saturated rings. The zero-order valence-electron chi connectivity index (χ0n) is 8.00. The molecular weight excluding hydrogens is 244 g/mol. The number of rotatable bonds is 3. The lowest BCUT2D eigenvalue weighted by molar-refractivity contribution is 0.318. The van der Waals surface area contributed by atoms with Crippen LogP contribution in [0.25, 0.3) is 0 Å². The zero-order chi connectivity index (χ0) is 10.6. The molecule has 0 saturated heterocycles. The third kappa shape index (κ3) is 2.48. The predicted molar refractivity (Wildman–Crippen MR) is 60.6 cm³/mol. The molecule has 4 heteroatoms. The molecule has 0 bridgehead atoms. The number of benzene rings is 1. The van der Waals surface area contributed by atoms with E-state index in [1.807, 2.05) is 18.2 Å². The number of hydrogen-bond acceptors (Lipinski definition) is 2. The van der Waals surface area contributed by atoms with Gasteiger partial charge in [0.15, 0.2) is 5.84 Å². The number of aryl methyl sites for hydroxylation is 1. The van der Waals surface area contributed by atoms with E-state index in [9.17, 15) is 0 Å². The molecule has 0 unspecified atom stereocenters. The van der Waals surface area contributed by atoms with Gasteiger partial charge in [-0.25, -0.2) is 0 Å². The fraction of sp³-hybridized carbons (Fsp3) is 0.300. The van der Waals surface area contributed by atoms with Gasteiger partial charge in [-0.3, -0.25) is 0 Å². The van der Waals surface area contributed by atoms with Gasteiger partial charge in [0, 0.05) is 10.0 Å². The monoisotopic (exact) mass is 256 g/mol. The fourth-order valence-electron chi connectivity index (χ4n) is 1.34. The lowest BCUT2D eigenvalue weighted by Gasteiger charge is -2.07. The number of oxime groups is 1. The van der Waals surface area contributed by atoms with Crippen LogP contribution in [0.15, 0.2) is 27.8 Å². The Labute approximate surface area is 91.7 Å². The number of halogens is 1. The maximum atomic E-state index is 8.60. The van der Waals surface area contributed by atoms with Crippen LogP contribution in [0, 0.1) is 0 Å². The summed E-state index contributed by atoms with van der Waals surface area (Å²) in [5.74, 6) is 0.168. The standard InChI is InChI=1S/C10H13BrN2O/c1-2-3-7-6-8(11)4-5-9(7)10(12)13-14/h4-6,14H,2-3H2,1H3,(H2,12,13). The molecule has 0 aliphatic carbocycles. The summed E-state index contributed by atoms with van der Waals surface area (Å²) in [6.07, 6.45) is 1.95.